The molecule has 0 atom stereocenters. The summed E-state index contributed by atoms with van der Waals surface area (Å²) in [5, 5.41) is 1.18. The fourth-order valence-corrected chi connectivity index (χ4v) is 4.38. The van der Waals surface area contributed by atoms with Crippen molar-refractivity contribution in [1.29, 1.82) is 0 Å². The minimum Gasteiger partial charge on any atom is -0.483 e. The molecule has 0 fully saturated rings. The Morgan fingerprint density at radius 3 is 2.37 bits per heavy atom. The van der Waals surface area contributed by atoms with Crippen molar-refractivity contribution >= 4 is 44.8 Å². The standard InChI is InChI=1S/C23H17ClN2O3S/c24-21-17-11-5-7-13-19(17)30-22(21)23(28)26-25-20(27)14-29-18-12-6-4-10-16(18)15-8-2-1-3-9-15/h1-13H,14H2,(H,25,27)(H,26,28). The minimum absolute atomic E-state index is 0.246. The Morgan fingerprint density at radius 2 is 1.57 bits per heavy atom. The largest absolute Gasteiger partial charge is 0.483 e. The first-order chi connectivity index (χ1) is 14.6. The first-order valence-corrected chi connectivity index (χ1v) is 10.4. The van der Waals surface area contributed by atoms with E-state index in [2.05, 4.69) is 10.9 Å². The lowest BCUT2D eigenvalue weighted by Gasteiger charge is -2.12. The van der Waals surface area contributed by atoms with Crippen LogP contribution in [0.1, 0.15) is 9.67 Å². The van der Waals surface area contributed by atoms with Crippen LogP contribution in [0.25, 0.3) is 21.2 Å². The molecule has 0 spiro atoms. The summed E-state index contributed by atoms with van der Waals surface area (Å²) in [5.41, 5.74) is 6.63. The van der Waals surface area contributed by atoms with Gasteiger partial charge in [0.1, 0.15) is 10.6 Å². The van der Waals surface area contributed by atoms with Crippen LogP contribution >= 0.6 is 22.9 Å². The lowest BCUT2D eigenvalue weighted by atomic mass is 10.1. The van der Waals surface area contributed by atoms with Crippen LogP contribution in [0.15, 0.2) is 78.9 Å². The zero-order chi connectivity index (χ0) is 20.9. The Kier molecular flexibility index (Phi) is 5.97. The Morgan fingerprint density at radius 1 is 0.867 bits per heavy atom. The molecule has 1 heterocycles. The van der Waals surface area contributed by atoms with Crippen molar-refractivity contribution in [2.24, 2.45) is 0 Å². The summed E-state index contributed by atoms with van der Waals surface area (Å²) in [6.07, 6.45) is 0. The summed E-state index contributed by atoms with van der Waals surface area (Å²) < 4.78 is 6.58. The van der Waals surface area contributed by atoms with Gasteiger partial charge in [0, 0.05) is 15.6 Å². The summed E-state index contributed by atoms with van der Waals surface area (Å²) in [7, 11) is 0. The quantitative estimate of drug-likeness (QED) is 0.429. The Balaban J connectivity index is 1.37. The zero-order valence-electron chi connectivity index (χ0n) is 15.7. The number of amides is 2. The van der Waals surface area contributed by atoms with Crippen molar-refractivity contribution in [3.05, 3.63) is 88.8 Å². The second-order valence-corrected chi connectivity index (χ2v) is 7.82. The Bertz CT molecular complexity index is 1210. The van der Waals surface area contributed by atoms with E-state index >= 15 is 0 Å². The number of nitrogens with one attached hydrogen (secondary N) is 2. The van der Waals surface area contributed by atoms with E-state index in [-0.39, 0.29) is 6.61 Å². The van der Waals surface area contributed by atoms with Gasteiger partial charge in [-0.3, -0.25) is 20.4 Å². The molecule has 0 unspecified atom stereocenters. The molecule has 1 aromatic heterocycles. The number of hydrazine groups is 1. The summed E-state index contributed by atoms with van der Waals surface area (Å²) in [5.74, 6) is -0.375. The fourth-order valence-electron chi connectivity index (χ4n) is 2.97. The van der Waals surface area contributed by atoms with Crippen molar-refractivity contribution in [3.8, 4) is 16.9 Å². The maximum atomic E-state index is 12.4. The molecule has 4 rings (SSSR count). The zero-order valence-corrected chi connectivity index (χ0v) is 17.3. The van der Waals surface area contributed by atoms with Crippen LogP contribution < -0.4 is 15.6 Å². The van der Waals surface area contributed by atoms with Crippen molar-refractivity contribution in [1.82, 2.24) is 10.9 Å². The van der Waals surface area contributed by atoms with Crippen LogP contribution in [-0.4, -0.2) is 18.4 Å². The molecule has 0 radical (unpaired) electrons. The van der Waals surface area contributed by atoms with E-state index in [0.29, 0.717) is 15.6 Å². The third-order valence-corrected chi connectivity index (χ3v) is 6.06. The van der Waals surface area contributed by atoms with E-state index in [1.165, 1.54) is 11.3 Å². The van der Waals surface area contributed by atoms with E-state index in [9.17, 15) is 9.59 Å². The molecular weight excluding hydrogens is 420 g/mol. The monoisotopic (exact) mass is 436 g/mol. The van der Waals surface area contributed by atoms with Gasteiger partial charge < -0.3 is 4.74 Å². The van der Waals surface area contributed by atoms with Gasteiger partial charge in [-0.25, -0.2) is 0 Å². The molecular formula is C23H17ClN2O3S. The smallest absolute Gasteiger partial charge is 0.281 e. The SMILES string of the molecule is O=C(COc1ccccc1-c1ccccc1)NNC(=O)c1sc2ccccc2c1Cl. The summed E-state index contributed by atoms with van der Waals surface area (Å²) in [6.45, 7) is -0.246. The molecule has 0 saturated carbocycles. The highest BCUT2D eigenvalue weighted by Gasteiger charge is 2.17. The number of carbonyl (C=O) groups excluding carboxylic acids is 2. The van der Waals surface area contributed by atoms with Crippen molar-refractivity contribution < 1.29 is 14.3 Å². The molecule has 150 valence electrons. The van der Waals surface area contributed by atoms with Gasteiger partial charge in [0.25, 0.3) is 11.8 Å². The maximum Gasteiger partial charge on any atom is 0.281 e. The number of hydrogen-bond donors (Lipinski definition) is 2. The molecule has 2 amide bonds. The highest BCUT2D eigenvalue weighted by molar-refractivity contribution is 7.21. The first-order valence-electron chi connectivity index (χ1n) is 9.17. The summed E-state index contributed by atoms with van der Waals surface area (Å²) in [4.78, 5) is 24.9. The van der Waals surface area contributed by atoms with Gasteiger partial charge >= 0.3 is 0 Å². The van der Waals surface area contributed by atoms with Crippen LogP contribution in [0.5, 0.6) is 5.75 Å². The van der Waals surface area contributed by atoms with E-state index in [1.54, 1.807) is 6.07 Å². The number of carbonyl (C=O) groups is 2. The summed E-state index contributed by atoms with van der Waals surface area (Å²) in [6, 6.07) is 24.7. The summed E-state index contributed by atoms with van der Waals surface area (Å²) >= 11 is 7.56. The van der Waals surface area contributed by atoms with Crippen LogP contribution in [-0.2, 0) is 4.79 Å². The maximum absolute atomic E-state index is 12.4. The number of para-hydroxylation sites is 1. The number of benzene rings is 3. The number of halogens is 1. The number of hydrogen-bond acceptors (Lipinski definition) is 4. The van der Waals surface area contributed by atoms with Gasteiger partial charge in [-0.2, -0.15) is 0 Å². The van der Waals surface area contributed by atoms with Gasteiger partial charge in [0.15, 0.2) is 6.61 Å². The van der Waals surface area contributed by atoms with Crippen molar-refractivity contribution in [2.45, 2.75) is 0 Å². The van der Waals surface area contributed by atoms with E-state index in [1.807, 2.05) is 72.8 Å². The highest BCUT2D eigenvalue weighted by Crippen LogP contribution is 2.35. The van der Waals surface area contributed by atoms with Gasteiger partial charge in [-0.1, -0.05) is 78.3 Å². The van der Waals surface area contributed by atoms with Gasteiger partial charge in [0.05, 0.1) is 5.02 Å². The predicted octanol–water partition coefficient (Wildman–Crippen LogP) is 5.06. The average Bonchev–Trinajstić information content (AvgIpc) is 3.13. The third-order valence-electron chi connectivity index (χ3n) is 4.39. The topological polar surface area (TPSA) is 67.4 Å². The molecule has 0 bridgehead atoms. The lowest BCUT2D eigenvalue weighted by Crippen LogP contribution is -2.43. The minimum atomic E-state index is -0.483. The molecule has 0 aliphatic heterocycles. The number of rotatable bonds is 5. The third kappa shape index (κ3) is 4.30. The lowest BCUT2D eigenvalue weighted by molar-refractivity contribution is -0.123. The molecule has 4 aromatic rings. The molecule has 0 saturated heterocycles. The molecule has 30 heavy (non-hydrogen) atoms. The van der Waals surface area contributed by atoms with Crippen molar-refractivity contribution in [3.63, 3.8) is 0 Å². The molecule has 7 heteroatoms. The predicted molar refractivity (Wildman–Crippen MR) is 120 cm³/mol. The number of ether oxygens (including phenoxy) is 1. The van der Waals surface area contributed by atoms with E-state index < -0.39 is 11.8 Å². The molecule has 0 aliphatic rings. The van der Waals surface area contributed by atoms with Gasteiger partial charge in [0.2, 0.25) is 0 Å². The molecule has 3 aromatic carbocycles. The Hall–Kier alpha value is -3.35. The van der Waals surface area contributed by atoms with Gasteiger partial charge in [-0.15, -0.1) is 11.3 Å². The average molecular weight is 437 g/mol. The number of thiophene rings is 1. The second kappa shape index (κ2) is 8.98. The molecule has 2 N–H and O–H groups in total. The Labute approximate surface area is 182 Å². The van der Waals surface area contributed by atoms with Crippen molar-refractivity contribution in [2.75, 3.05) is 6.61 Å². The van der Waals surface area contributed by atoms with E-state index in [0.717, 1.165) is 21.2 Å². The van der Waals surface area contributed by atoms with Gasteiger partial charge in [-0.05, 0) is 17.7 Å². The second-order valence-electron chi connectivity index (χ2n) is 6.39. The fraction of sp³-hybridized carbons (Fsp3) is 0.0435. The van der Waals surface area contributed by atoms with Crippen LogP contribution in [0.2, 0.25) is 5.02 Å². The molecule has 5 nitrogen and oxygen atoms in total. The van der Waals surface area contributed by atoms with Crippen LogP contribution in [0.3, 0.4) is 0 Å². The van der Waals surface area contributed by atoms with Crippen LogP contribution in [0.4, 0.5) is 0 Å². The van der Waals surface area contributed by atoms with E-state index in [4.69, 9.17) is 16.3 Å². The normalized spacial score (nSPS) is 10.6. The number of fused-ring (bicyclic) bond motifs is 1. The first kappa shape index (κ1) is 19.9. The molecule has 0 aliphatic carbocycles. The van der Waals surface area contributed by atoms with Crippen LogP contribution in [0, 0.1) is 0 Å². The highest BCUT2D eigenvalue weighted by atomic mass is 35.5.